The summed E-state index contributed by atoms with van der Waals surface area (Å²) in [5.74, 6) is -0.269. The first-order valence-corrected chi connectivity index (χ1v) is 11.4. The Hall–Kier alpha value is -4.06. The largest absolute Gasteiger partial charge is 0.496 e. The Morgan fingerprint density at radius 1 is 1.23 bits per heavy atom. The fourth-order valence-electron chi connectivity index (χ4n) is 4.08. The zero-order chi connectivity index (χ0) is 25.5. The molecule has 9 nitrogen and oxygen atoms in total. The van der Waals surface area contributed by atoms with Crippen LogP contribution in [0.5, 0.6) is 11.6 Å². The molecule has 1 atom stereocenters. The highest BCUT2D eigenvalue weighted by molar-refractivity contribution is 5.96. The molecule has 1 aliphatic heterocycles. The zero-order valence-electron chi connectivity index (χ0n) is 20.7. The van der Waals surface area contributed by atoms with Gasteiger partial charge in [-0.2, -0.15) is 5.26 Å². The van der Waals surface area contributed by atoms with Crippen molar-refractivity contribution in [2.75, 3.05) is 32.2 Å². The van der Waals surface area contributed by atoms with Gasteiger partial charge in [0.1, 0.15) is 12.4 Å². The van der Waals surface area contributed by atoms with Crippen molar-refractivity contribution in [2.24, 2.45) is 0 Å². The van der Waals surface area contributed by atoms with Gasteiger partial charge in [-0.15, -0.1) is 0 Å². The zero-order valence-corrected chi connectivity index (χ0v) is 20.7. The molecule has 9 heteroatoms. The maximum Gasteiger partial charge on any atom is 0.336 e. The molecule has 2 heterocycles. The number of pyridine rings is 1. The molecule has 0 fully saturated rings. The summed E-state index contributed by atoms with van der Waals surface area (Å²) in [6.45, 7) is 8.16. The maximum absolute atomic E-state index is 13.3. The highest BCUT2D eigenvalue weighted by atomic mass is 16.5. The number of nitrogens with one attached hydrogen (secondary N) is 2. The fourth-order valence-corrected chi connectivity index (χ4v) is 4.08. The summed E-state index contributed by atoms with van der Waals surface area (Å²) in [6, 6.07) is 7.27. The molecule has 0 spiro atoms. The number of rotatable bonds is 9. The lowest BCUT2D eigenvalue weighted by atomic mass is 9.79. The number of nitriles is 1. The number of ether oxygens (including phenoxy) is 4. The number of carbonyl (C=O) groups excluding carboxylic acids is 1. The lowest BCUT2D eigenvalue weighted by molar-refractivity contribution is -0.139. The van der Waals surface area contributed by atoms with Crippen molar-refractivity contribution in [3.05, 3.63) is 57.9 Å². The Balaban J connectivity index is 2.25. The lowest BCUT2D eigenvalue weighted by Gasteiger charge is -2.32. The number of aromatic nitrogens is 1. The van der Waals surface area contributed by atoms with E-state index in [-0.39, 0.29) is 18.9 Å². The Labute approximate surface area is 205 Å². The number of hydrogen-bond acceptors (Lipinski definition) is 9. The predicted molar refractivity (Wildman–Crippen MR) is 131 cm³/mol. The smallest absolute Gasteiger partial charge is 0.336 e. The van der Waals surface area contributed by atoms with Gasteiger partial charge in [0.05, 0.1) is 55.6 Å². The number of fused-ring (bicyclic) bond motifs is 1. The van der Waals surface area contributed by atoms with Gasteiger partial charge in [-0.3, -0.25) is 5.41 Å². The van der Waals surface area contributed by atoms with Crippen molar-refractivity contribution in [3.63, 3.8) is 0 Å². The van der Waals surface area contributed by atoms with Gasteiger partial charge in [0.15, 0.2) is 0 Å². The molecule has 1 unspecified atom stereocenters. The second-order valence-corrected chi connectivity index (χ2v) is 7.83. The van der Waals surface area contributed by atoms with Gasteiger partial charge in [-0.25, -0.2) is 9.78 Å². The number of esters is 1. The molecular weight excluding hydrogens is 448 g/mol. The molecule has 1 aromatic carbocycles. The summed E-state index contributed by atoms with van der Waals surface area (Å²) in [5.41, 5.74) is 4.60. The van der Waals surface area contributed by atoms with Crippen molar-refractivity contribution in [3.8, 4) is 17.7 Å². The van der Waals surface area contributed by atoms with Crippen LogP contribution in [-0.4, -0.2) is 43.8 Å². The number of benzene rings is 1. The Kier molecular flexibility index (Phi) is 8.31. The van der Waals surface area contributed by atoms with Crippen LogP contribution < -0.4 is 14.8 Å². The second-order valence-electron chi connectivity index (χ2n) is 7.83. The predicted octanol–water partition coefficient (Wildman–Crippen LogP) is 4.45. The molecule has 0 amide bonds. The van der Waals surface area contributed by atoms with Crippen molar-refractivity contribution >= 4 is 17.6 Å². The average molecular weight is 479 g/mol. The molecule has 184 valence electrons. The van der Waals surface area contributed by atoms with E-state index in [9.17, 15) is 4.79 Å². The van der Waals surface area contributed by atoms with Crippen molar-refractivity contribution in [1.29, 1.82) is 10.7 Å². The number of allylic oxidation sites excluding steroid dienone is 1. The van der Waals surface area contributed by atoms with E-state index in [0.29, 0.717) is 52.8 Å². The van der Waals surface area contributed by atoms with Crippen LogP contribution in [0.3, 0.4) is 0 Å². The number of methoxy groups -OCH3 is 1. The monoisotopic (exact) mass is 478 g/mol. The molecule has 35 heavy (non-hydrogen) atoms. The third kappa shape index (κ3) is 5.22. The molecule has 2 aromatic rings. The van der Waals surface area contributed by atoms with Gasteiger partial charge in [-0.1, -0.05) is 6.07 Å². The molecule has 2 N–H and O–H groups in total. The molecule has 0 saturated heterocycles. The number of carbonyl (C=O) groups is 1. The molecule has 1 aromatic heterocycles. The first-order valence-electron chi connectivity index (χ1n) is 11.4. The van der Waals surface area contributed by atoms with E-state index in [4.69, 9.17) is 29.6 Å². The summed E-state index contributed by atoms with van der Waals surface area (Å²) in [5, 5.41) is 20.4. The van der Waals surface area contributed by atoms with Crippen LogP contribution in [0.2, 0.25) is 0 Å². The molecule has 0 aliphatic carbocycles. The van der Waals surface area contributed by atoms with Crippen molar-refractivity contribution < 1.29 is 23.7 Å². The van der Waals surface area contributed by atoms with Crippen molar-refractivity contribution in [1.82, 2.24) is 4.98 Å². The van der Waals surface area contributed by atoms with Gasteiger partial charge in [0, 0.05) is 23.0 Å². The van der Waals surface area contributed by atoms with E-state index in [0.717, 1.165) is 11.3 Å². The third-order valence-electron chi connectivity index (χ3n) is 5.61. The number of aryl methyl sites for hydroxylation is 1. The standard InChI is InChI=1S/C26H30N4O5/c1-6-33-24(28)17-9-10-18(19(13-17)32-5)21-20(26(31)35-12-8-11-27)16(4)30-23-15(3)14-29-25(22(21)23)34-7-2/h9-10,13-14,21,28,30H,6-8,12H2,1-5H3. The summed E-state index contributed by atoms with van der Waals surface area (Å²) in [4.78, 5) is 17.8. The topological polar surface area (TPSA) is 127 Å². The molecule has 0 bridgehead atoms. The summed E-state index contributed by atoms with van der Waals surface area (Å²) >= 11 is 0. The van der Waals surface area contributed by atoms with Crippen LogP contribution in [0.25, 0.3) is 0 Å². The Morgan fingerprint density at radius 2 is 2.00 bits per heavy atom. The molecule has 0 saturated carbocycles. The first kappa shape index (κ1) is 25.6. The number of hydrogen-bond donors (Lipinski definition) is 2. The van der Waals surface area contributed by atoms with E-state index in [1.807, 2.05) is 39.8 Å². The molecule has 1 aliphatic rings. The Bertz CT molecular complexity index is 1200. The van der Waals surface area contributed by atoms with Crippen LogP contribution in [0.15, 0.2) is 35.7 Å². The average Bonchev–Trinajstić information content (AvgIpc) is 2.85. The van der Waals surface area contributed by atoms with Gasteiger partial charge in [0.2, 0.25) is 11.8 Å². The van der Waals surface area contributed by atoms with Gasteiger partial charge in [-0.05, 0) is 45.4 Å². The molecule has 3 rings (SSSR count). The highest BCUT2D eigenvalue weighted by Gasteiger charge is 2.38. The van der Waals surface area contributed by atoms with E-state index >= 15 is 0 Å². The van der Waals surface area contributed by atoms with Crippen molar-refractivity contribution in [2.45, 2.75) is 40.0 Å². The minimum Gasteiger partial charge on any atom is -0.496 e. The van der Waals surface area contributed by atoms with Crippen LogP contribution >= 0.6 is 0 Å². The number of anilines is 1. The minimum absolute atomic E-state index is 0.0162. The highest BCUT2D eigenvalue weighted by Crippen LogP contribution is 2.49. The van der Waals surface area contributed by atoms with Crippen LogP contribution in [0, 0.1) is 23.7 Å². The van der Waals surface area contributed by atoms with Crippen LogP contribution in [0.1, 0.15) is 55.4 Å². The maximum atomic E-state index is 13.3. The quantitative estimate of drug-likeness (QED) is 0.234. The summed E-state index contributed by atoms with van der Waals surface area (Å²) in [6.07, 6.45) is 1.82. The third-order valence-corrected chi connectivity index (χ3v) is 5.61. The molecule has 0 radical (unpaired) electrons. The number of nitrogens with zero attached hydrogens (tertiary/aromatic N) is 2. The SMILES string of the molecule is CCOC(=N)c1ccc(C2C(C(=O)OCCC#N)=C(C)Nc3c(C)cnc(OCC)c32)c(OC)c1. The lowest BCUT2D eigenvalue weighted by Crippen LogP contribution is -2.26. The second kappa shape index (κ2) is 11.4. The van der Waals surface area contributed by atoms with Gasteiger partial charge in [0.25, 0.3) is 0 Å². The summed E-state index contributed by atoms with van der Waals surface area (Å²) in [7, 11) is 1.54. The van der Waals surface area contributed by atoms with Crippen LogP contribution in [0.4, 0.5) is 5.69 Å². The normalized spacial score (nSPS) is 14.3. The first-order chi connectivity index (χ1) is 16.9. The van der Waals surface area contributed by atoms with E-state index in [2.05, 4.69) is 10.3 Å². The van der Waals surface area contributed by atoms with Crippen LogP contribution in [-0.2, 0) is 14.3 Å². The fraction of sp³-hybridized carbons (Fsp3) is 0.385. The summed E-state index contributed by atoms with van der Waals surface area (Å²) < 4.78 is 22.4. The molecular formula is C26H30N4O5. The van der Waals surface area contributed by atoms with E-state index in [1.165, 1.54) is 7.11 Å². The van der Waals surface area contributed by atoms with E-state index in [1.54, 1.807) is 18.3 Å². The van der Waals surface area contributed by atoms with E-state index < -0.39 is 11.9 Å². The Morgan fingerprint density at radius 3 is 2.66 bits per heavy atom. The van der Waals surface area contributed by atoms with Gasteiger partial charge < -0.3 is 24.3 Å². The van der Waals surface area contributed by atoms with Gasteiger partial charge >= 0.3 is 5.97 Å². The minimum atomic E-state index is -0.625.